The van der Waals surface area contributed by atoms with Crippen molar-refractivity contribution in [3.63, 3.8) is 0 Å². The predicted molar refractivity (Wildman–Crippen MR) is 90.4 cm³/mol. The highest BCUT2D eigenvalue weighted by Gasteiger charge is 2.41. The molecule has 0 aliphatic carbocycles. The van der Waals surface area contributed by atoms with Gasteiger partial charge in [-0.25, -0.2) is 0 Å². The zero-order chi connectivity index (χ0) is 18.2. The second-order valence-corrected chi connectivity index (χ2v) is 6.76. The second-order valence-electron chi connectivity index (χ2n) is 6.76. The molecule has 1 heterocycles. The van der Waals surface area contributed by atoms with E-state index < -0.39 is 24.6 Å². The predicted octanol–water partition coefficient (Wildman–Crippen LogP) is -0.487. The molecule has 8 nitrogen and oxygen atoms in total. The van der Waals surface area contributed by atoms with Crippen LogP contribution in [0, 0.1) is 0 Å². The molecule has 1 fully saturated rings. The van der Waals surface area contributed by atoms with Crippen molar-refractivity contribution in [2.24, 2.45) is 5.73 Å². The lowest BCUT2D eigenvalue weighted by Gasteiger charge is -2.40. The number of carbonyl (C=O) groups is 1. The first-order valence-corrected chi connectivity index (χ1v) is 8.51. The lowest BCUT2D eigenvalue weighted by atomic mass is 9.66. The minimum absolute atomic E-state index is 0.0644. The number of aliphatic carboxylic acids is 1. The molecule has 9 heteroatoms. The number of hydrogen-bond donors (Lipinski definition) is 5. The number of rotatable bonds is 11. The van der Waals surface area contributed by atoms with E-state index in [4.69, 9.17) is 20.3 Å². The van der Waals surface area contributed by atoms with Crippen molar-refractivity contribution in [1.82, 2.24) is 5.32 Å². The van der Waals surface area contributed by atoms with E-state index in [0.29, 0.717) is 32.5 Å². The average Bonchev–Trinajstić information content (AvgIpc) is 2.51. The van der Waals surface area contributed by atoms with Gasteiger partial charge in [0.25, 0.3) is 0 Å². The van der Waals surface area contributed by atoms with E-state index in [9.17, 15) is 14.8 Å². The van der Waals surface area contributed by atoms with E-state index >= 15 is 0 Å². The van der Waals surface area contributed by atoms with Crippen LogP contribution in [0.5, 0.6) is 0 Å². The summed E-state index contributed by atoms with van der Waals surface area (Å²) in [5, 5.41) is 31.4. The number of methoxy groups -OCH3 is 1. The average molecular weight is 346 g/mol. The van der Waals surface area contributed by atoms with Crippen molar-refractivity contribution in [1.29, 1.82) is 0 Å². The van der Waals surface area contributed by atoms with Crippen molar-refractivity contribution in [2.75, 3.05) is 20.3 Å². The molecule has 4 atom stereocenters. The summed E-state index contributed by atoms with van der Waals surface area (Å²) < 4.78 is 10.8. The largest absolute Gasteiger partial charge is 0.481 e. The number of ether oxygens (including phenoxy) is 2. The minimum Gasteiger partial charge on any atom is -0.481 e. The Balaban J connectivity index is 2.55. The molecule has 1 aliphatic heterocycles. The molecule has 0 saturated carbocycles. The van der Waals surface area contributed by atoms with Gasteiger partial charge < -0.3 is 35.7 Å². The molecule has 3 unspecified atom stereocenters. The topological polar surface area (TPSA) is 134 Å². The summed E-state index contributed by atoms with van der Waals surface area (Å²) in [7, 11) is 0.00190. The quantitative estimate of drug-likeness (QED) is 0.250. The van der Waals surface area contributed by atoms with Crippen LogP contribution in [0.15, 0.2) is 0 Å². The van der Waals surface area contributed by atoms with Crippen LogP contribution in [-0.4, -0.2) is 72.2 Å². The first kappa shape index (κ1) is 21.3. The van der Waals surface area contributed by atoms with Crippen LogP contribution in [0.25, 0.3) is 0 Å². The number of carboxylic acid groups (broad SMARTS) is 1. The van der Waals surface area contributed by atoms with E-state index in [0.717, 1.165) is 12.8 Å². The molecular formula is C15H31BN2O6. The number of hydrogen-bond acceptors (Lipinski definition) is 7. The molecule has 0 aromatic carbocycles. The van der Waals surface area contributed by atoms with Crippen molar-refractivity contribution in [3.05, 3.63) is 0 Å². The molecule has 0 amide bonds. The van der Waals surface area contributed by atoms with Gasteiger partial charge in [0, 0.05) is 31.7 Å². The molecule has 1 saturated heterocycles. The van der Waals surface area contributed by atoms with Gasteiger partial charge in [-0.2, -0.15) is 0 Å². The summed E-state index contributed by atoms with van der Waals surface area (Å²) in [5.41, 5.74) is 5.50. The third-order valence-corrected chi connectivity index (χ3v) is 4.62. The molecule has 1 aliphatic rings. The summed E-state index contributed by atoms with van der Waals surface area (Å²) in [6, 6.07) is -0.0644. The van der Waals surface area contributed by atoms with Gasteiger partial charge in [0.15, 0.2) is 0 Å². The summed E-state index contributed by atoms with van der Waals surface area (Å²) in [6.45, 7) is 2.82. The molecule has 0 aromatic rings. The number of unbranched alkanes of at least 4 members (excludes halogenated alkanes) is 2. The van der Waals surface area contributed by atoms with Crippen LogP contribution >= 0.6 is 0 Å². The van der Waals surface area contributed by atoms with Crippen LogP contribution < -0.4 is 11.1 Å². The minimum atomic E-state index is -1.60. The Morgan fingerprint density at radius 1 is 1.46 bits per heavy atom. The monoisotopic (exact) mass is 346 g/mol. The highest BCUT2D eigenvalue weighted by atomic mass is 16.5. The van der Waals surface area contributed by atoms with Crippen molar-refractivity contribution >= 4 is 13.1 Å². The Morgan fingerprint density at radius 2 is 2.17 bits per heavy atom. The Kier molecular flexibility index (Phi) is 9.18. The number of carboxylic acids is 1. The number of nitrogens with one attached hydrogen (secondary N) is 1. The summed E-state index contributed by atoms with van der Waals surface area (Å²) in [5.74, 6) is -1.52. The van der Waals surface area contributed by atoms with Gasteiger partial charge in [-0.1, -0.05) is 12.8 Å². The molecule has 140 valence electrons. The van der Waals surface area contributed by atoms with Gasteiger partial charge in [0.1, 0.15) is 0 Å². The lowest BCUT2D eigenvalue weighted by Crippen LogP contribution is -2.66. The fourth-order valence-corrected chi connectivity index (χ4v) is 3.10. The first-order chi connectivity index (χ1) is 11.3. The van der Waals surface area contributed by atoms with Crippen molar-refractivity contribution < 1.29 is 29.4 Å². The van der Waals surface area contributed by atoms with Crippen LogP contribution in [0.3, 0.4) is 0 Å². The molecular weight excluding hydrogens is 315 g/mol. The smallest absolute Gasteiger partial charge is 0.471 e. The molecule has 1 rings (SSSR count). The zero-order valence-corrected chi connectivity index (χ0v) is 14.6. The van der Waals surface area contributed by atoms with Crippen molar-refractivity contribution in [2.45, 2.75) is 69.1 Å². The third-order valence-electron chi connectivity index (χ3n) is 4.62. The first-order valence-electron chi connectivity index (χ1n) is 8.51. The van der Waals surface area contributed by atoms with Gasteiger partial charge in [0.05, 0.1) is 18.7 Å². The molecule has 24 heavy (non-hydrogen) atoms. The summed E-state index contributed by atoms with van der Waals surface area (Å²) >= 11 is 0. The third kappa shape index (κ3) is 7.04. The Labute approximate surface area is 143 Å². The normalized spacial score (nSPS) is 25.0. The SMILES string of the molecule is CO[C@H]1COCCC1NC(B(O)O)C(C)(N)CCCCCC(=O)O. The Hall–Kier alpha value is -0.705. The highest BCUT2D eigenvalue weighted by Crippen LogP contribution is 2.20. The van der Waals surface area contributed by atoms with E-state index in [1.54, 1.807) is 14.0 Å². The molecule has 6 N–H and O–H groups in total. The van der Waals surface area contributed by atoms with Gasteiger partial charge >= 0.3 is 13.1 Å². The molecule has 0 aromatic heterocycles. The Bertz CT molecular complexity index is 383. The van der Waals surface area contributed by atoms with Crippen LogP contribution in [0.4, 0.5) is 0 Å². The summed E-state index contributed by atoms with van der Waals surface area (Å²) in [6.07, 6.45) is 3.31. The van der Waals surface area contributed by atoms with Gasteiger partial charge in [-0.3, -0.25) is 4.79 Å². The van der Waals surface area contributed by atoms with Crippen LogP contribution in [0.1, 0.15) is 45.4 Å². The molecule has 0 radical (unpaired) electrons. The van der Waals surface area contributed by atoms with E-state index in [2.05, 4.69) is 5.32 Å². The lowest BCUT2D eigenvalue weighted by molar-refractivity contribution is -0.137. The highest BCUT2D eigenvalue weighted by molar-refractivity contribution is 6.43. The molecule has 0 spiro atoms. The van der Waals surface area contributed by atoms with Gasteiger partial charge in [0.2, 0.25) is 0 Å². The van der Waals surface area contributed by atoms with Crippen LogP contribution in [-0.2, 0) is 14.3 Å². The van der Waals surface area contributed by atoms with Crippen molar-refractivity contribution in [3.8, 4) is 0 Å². The second kappa shape index (κ2) is 10.3. The maximum absolute atomic E-state index is 10.5. The van der Waals surface area contributed by atoms with E-state index in [-0.39, 0.29) is 18.6 Å². The summed E-state index contributed by atoms with van der Waals surface area (Å²) in [4.78, 5) is 10.5. The standard InChI is InChI=1S/C15H31BN2O6/c1-15(17,8-5-3-4-6-13(19)20)14(16(21)22)18-11-7-9-24-10-12(11)23-2/h11-12,14,18,21-22H,3-10,17H2,1-2H3,(H,19,20)/t11?,12-,14?,15?/m0/s1. The van der Waals surface area contributed by atoms with Crippen LogP contribution in [0.2, 0.25) is 0 Å². The van der Waals surface area contributed by atoms with E-state index in [1.807, 2.05) is 0 Å². The Morgan fingerprint density at radius 3 is 2.75 bits per heavy atom. The maximum atomic E-state index is 10.5. The maximum Gasteiger partial charge on any atom is 0.471 e. The fourth-order valence-electron chi connectivity index (χ4n) is 3.10. The zero-order valence-electron chi connectivity index (χ0n) is 14.6. The van der Waals surface area contributed by atoms with Gasteiger partial charge in [-0.15, -0.1) is 0 Å². The van der Waals surface area contributed by atoms with E-state index in [1.165, 1.54) is 0 Å². The van der Waals surface area contributed by atoms with Gasteiger partial charge in [-0.05, 0) is 26.2 Å². The fraction of sp³-hybridized carbons (Fsp3) is 0.933. The molecule has 0 bridgehead atoms. The number of nitrogens with two attached hydrogens (primary N) is 1.